The van der Waals surface area contributed by atoms with Crippen molar-refractivity contribution in [1.29, 1.82) is 0 Å². The minimum atomic E-state index is -1.62. The van der Waals surface area contributed by atoms with Crippen molar-refractivity contribution in [3.63, 3.8) is 0 Å². The molecule has 0 radical (unpaired) electrons. The van der Waals surface area contributed by atoms with Crippen molar-refractivity contribution in [2.45, 2.75) is 70.7 Å². The zero-order valence-electron chi connectivity index (χ0n) is 18.2. The lowest BCUT2D eigenvalue weighted by Crippen LogP contribution is -2.43. The van der Waals surface area contributed by atoms with Crippen LogP contribution in [-0.4, -0.2) is 28.2 Å². The summed E-state index contributed by atoms with van der Waals surface area (Å²) in [6.45, 7) is 9.12. The van der Waals surface area contributed by atoms with Crippen molar-refractivity contribution in [3.8, 4) is 5.75 Å². The summed E-state index contributed by atoms with van der Waals surface area (Å²) in [6.07, 6.45) is 5.98. The highest BCUT2D eigenvalue weighted by atomic mass is 28.4. The first-order chi connectivity index (χ1) is 13.3. The van der Waals surface area contributed by atoms with Crippen LogP contribution < -0.4 is 4.43 Å². The smallest absolute Gasteiger partial charge is 0.242 e. The van der Waals surface area contributed by atoms with E-state index >= 15 is 0 Å². The molecule has 28 heavy (non-hydrogen) atoms. The van der Waals surface area contributed by atoms with Crippen LogP contribution in [0.2, 0.25) is 19.6 Å². The molecule has 0 aliphatic heterocycles. The van der Waals surface area contributed by atoms with Crippen molar-refractivity contribution in [1.82, 2.24) is 0 Å². The van der Waals surface area contributed by atoms with E-state index in [0.717, 1.165) is 18.6 Å². The molecule has 1 aromatic rings. The van der Waals surface area contributed by atoms with Gasteiger partial charge in [-0.25, -0.2) is 0 Å². The van der Waals surface area contributed by atoms with Crippen LogP contribution in [0.15, 0.2) is 23.4 Å². The summed E-state index contributed by atoms with van der Waals surface area (Å²) < 4.78 is 12.3. The topological polar surface area (TPSA) is 40.0 Å². The van der Waals surface area contributed by atoms with Gasteiger partial charge in [-0.1, -0.05) is 18.1 Å². The van der Waals surface area contributed by atoms with E-state index < -0.39 is 8.32 Å². The van der Waals surface area contributed by atoms with Crippen molar-refractivity contribution in [3.05, 3.63) is 29.3 Å². The molecule has 154 valence electrons. The van der Waals surface area contributed by atoms with Gasteiger partial charge in [0.15, 0.2) is 0 Å². The van der Waals surface area contributed by atoms with Crippen LogP contribution in [-0.2, 0) is 9.57 Å². The number of benzene rings is 1. The second kappa shape index (κ2) is 7.17. The van der Waals surface area contributed by atoms with Crippen LogP contribution in [0.3, 0.4) is 0 Å². The molecule has 0 heterocycles. The summed E-state index contributed by atoms with van der Waals surface area (Å²) in [5.41, 5.74) is 4.31. The molecule has 5 atom stereocenters. The molecule has 0 unspecified atom stereocenters. The summed E-state index contributed by atoms with van der Waals surface area (Å²) >= 11 is 0. The highest BCUT2D eigenvalue weighted by Crippen LogP contribution is 2.61. The number of oxime groups is 1. The number of rotatable bonds is 4. The second-order valence-corrected chi connectivity index (χ2v) is 14.5. The Labute approximate surface area is 170 Å². The van der Waals surface area contributed by atoms with E-state index in [1.807, 2.05) is 7.11 Å². The Balaban J connectivity index is 1.68. The first-order valence-corrected chi connectivity index (χ1v) is 14.1. The normalized spacial score (nSPS) is 35.9. The molecule has 0 aromatic heterocycles. The summed E-state index contributed by atoms with van der Waals surface area (Å²) in [6, 6.07) is 6.78. The molecule has 0 amide bonds. The Morgan fingerprint density at radius 3 is 2.57 bits per heavy atom. The third-order valence-corrected chi connectivity index (χ3v) is 8.23. The van der Waals surface area contributed by atoms with Crippen molar-refractivity contribution >= 4 is 14.0 Å². The fourth-order valence-electron chi connectivity index (χ4n) is 6.23. The van der Waals surface area contributed by atoms with E-state index in [-0.39, 0.29) is 11.5 Å². The van der Waals surface area contributed by atoms with E-state index in [1.54, 1.807) is 7.11 Å². The Morgan fingerprint density at radius 2 is 1.89 bits per heavy atom. The van der Waals surface area contributed by atoms with Crippen LogP contribution in [0.1, 0.15) is 62.2 Å². The SMILES string of the molecule is CO/N=C1/CC[C@H]2[C@@H]3C[C@@H](OC)c4cc(O[Si](C)(C)C)ccc4[C@H]3CC[C@]12C. The average molecular weight is 402 g/mol. The molecule has 1 aromatic carbocycles. The standard InChI is InChI=1S/C23H35NO3Si/c1-23-12-11-17-16-8-7-15(27-28(4,5)6)13-19(16)21(25-2)14-18(17)20(23)9-10-22(23)24-26-3/h7-8,13,17-18,20-21H,9-12,14H2,1-6H3/b24-22-/t17-,18-,20+,21-,23+/m1/s1. The highest BCUT2D eigenvalue weighted by molar-refractivity contribution is 6.70. The van der Waals surface area contributed by atoms with Gasteiger partial charge in [0, 0.05) is 12.5 Å². The van der Waals surface area contributed by atoms with Crippen molar-refractivity contribution in [2.24, 2.45) is 22.4 Å². The van der Waals surface area contributed by atoms with Gasteiger partial charge in [-0.05, 0) is 92.8 Å². The maximum Gasteiger partial charge on any atom is 0.242 e. The van der Waals surface area contributed by atoms with E-state index in [9.17, 15) is 0 Å². The molecule has 0 N–H and O–H groups in total. The number of hydrogen-bond acceptors (Lipinski definition) is 4. The number of ether oxygens (including phenoxy) is 1. The summed E-state index contributed by atoms with van der Waals surface area (Å²) in [7, 11) is 1.91. The van der Waals surface area contributed by atoms with Crippen molar-refractivity contribution < 1.29 is 14.0 Å². The summed E-state index contributed by atoms with van der Waals surface area (Å²) in [5, 5.41) is 4.42. The monoisotopic (exact) mass is 401 g/mol. The second-order valence-electron chi connectivity index (χ2n) is 10.1. The predicted octanol–water partition coefficient (Wildman–Crippen LogP) is 5.90. The fourth-order valence-corrected chi connectivity index (χ4v) is 7.07. The van der Waals surface area contributed by atoms with Crippen LogP contribution >= 0.6 is 0 Å². The molecule has 4 rings (SSSR count). The van der Waals surface area contributed by atoms with E-state index in [0.29, 0.717) is 17.8 Å². The number of fused-ring (bicyclic) bond motifs is 5. The zero-order valence-corrected chi connectivity index (χ0v) is 19.2. The molecule has 5 heteroatoms. The number of hydrogen-bond donors (Lipinski definition) is 0. The van der Waals surface area contributed by atoms with Gasteiger partial charge in [-0.2, -0.15) is 0 Å². The van der Waals surface area contributed by atoms with Gasteiger partial charge in [-0.15, -0.1) is 0 Å². The maximum absolute atomic E-state index is 6.28. The average Bonchev–Trinajstić information content (AvgIpc) is 2.96. The molecule has 3 aliphatic carbocycles. The zero-order chi connectivity index (χ0) is 20.1. The molecular weight excluding hydrogens is 366 g/mol. The third kappa shape index (κ3) is 3.30. The number of nitrogens with zero attached hydrogens (tertiary/aromatic N) is 1. The van der Waals surface area contributed by atoms with Gasteiger partial charge in [0.05, 0.1) is 11.8 Å². The van der Waals surface area contributed by atoms with E-state index in [4.69, 9.17) is 14.0 Å². The van der Waals surface area contributed by atoms with E-state index in [1.165, 1.54) is 36.1 Å². The molecule has 3 aliphatic rings. The lowest BCUT2D eigenvalue weighted by atomic mass is 9.55. The van der Waals surface area contributed by atoms with E-state index in [2.05, 4.69) is 49.9 Å². The molecule has 0 saturated heterocycles. The van der Waals surface area contributed by atoms with Gasteiger partial charge < -0.3 is 14.0 Å². The lowest BCUT2D eigenvalue weighted by Gasteiger charge is -2.50. The molecular formula is C23H35NO3Si. The minimum absolute atomic E-state index is 0.159. The minimum Gasteiger partial charge on any atom is -0.544 e. The Hall–Kier alpha value is -1.33. The molecule has 4 nitrogen and oxygen atoms in total. The van der Waals surface area contributed by atoms with Gasteiger partial charge >= 0.3 is 0 Å². The first kappa shape index (κ1) is 20.0. The van der Waals surface area contributed by atoms with Gasteiger partial charge in [-0.3, -0.25) is 0 Å². The fraction of sp³-hybridized carbons (Fsp3) is 0.696. The molecule has 2 fully saturated rings. The van der Waals surface area contributed by atoms with Crippen LogP contribution in [0.25, 0.3) is 0 Å². The number of methoxy groups -OCH3 is 1. The van der Waals surface area contributed by atoms with Crippen molar-refractivity contribution in [2.75, 3.05) is 14.2 Å². The summed E-state index contributed by atoms with van der Waals surface area (Å²) in [4.78, 5) is 5.18. The van der Waals surface area contributed by atoms with Crippen LogP contribution in [0, 0.1) is 17.3 Å². The molecule has 2 saturated carbocycles. The van der Waals surface area contributed by atoms with Gasteiger partial charge in [0.25, 0.3) is 0 Å². The Morgan fingerprint density at radius 1 is 1.11 bits per heavy atom. The van der Waals surface area contributed by atoms with Gasteiger partial charge in [0.2, 0.25) is 8.32 Å². The highest BCUT2D eigenvalue weighted by Gasteiger charge is 2.55. The maximum atomic E-state index is 6.28. The largest absolute Gasteiger partial charge is 0.544 e. The summed E-state index contributed by atoms with van der Waals surface area (Å²) in [5.74, 6) is 2.96. The Bertz CT molecular complexity index is 772. The quantitative estimate of drug-likeness (QED) is 0.465. The van der Waals surface area contributed by atoms with Crippen LogP contribution in [0.5, 0.6) is 5.75 Å². The Kier molecular flexibility index (Phi) is 5.11. The first-order valence-electron chi connectivity index (χ1n) is 10.7. The molecule has 0 spiro atoms. The van der Waals surface area contributed by atoms with Gasteiger partial charge in [0.1, 0.15) is 12.9 Å². The lowest BCUT2D eigenvalue weighted by molar-refractivity contribution is 0.0136. The predicted molar refractivity (Wildman–Crippen MR) is 116 cm³/mol. The van der Waals surface area contributed by atoms with Crippen LogP contribution in [0.4, 0.5) is 0 Å². The third-order valence-electron chi connectivity index (χ3n) is 7.38. The molecule has 0 bridgehead atoms.